The van der Waals surface area contributed by atoms with Gasteiger partial charge in [0.15, 0.2) is 5.78 Å². The van der Waals surface area contributed by atoms with Crippen LogP contribution < -0.4 is 16.0 Å². The Kier molecular flexibility index (Phi) is 5.99. The quantitative estimate of drug-likeness (QED) is 0.549. The van der Waals surface area contributed by atoms with E-state index in [9.17, 15) is 14.4 Å². The molecule has 0 aliphatic carbocycles. The molecule has 29 heavy (non-hydrogen) atoms. The average molecular weight is 388 g/mol. The number of pyridine rings is 1. The molecule has 0 bridgehead atoms. The zero-order chi connectivity index (χ0) is 20.8. The Labute approximate surface area is 168 Å². The molecule has 7 nitrogen and oxygen atoms in total. The third kappa shape index (κ3) is 5.49. The summed E-state index contributed by atoms with van der Waals surface area (Å²) in [6.45, 7) is 2.92. The van der Waals surface area contributed by atoms with Crippen LogP contribution in [0.3, 0.4) is 0 Å². The highest BCUT2D eigenvalue weighted by atomic mass is 16.2. The first-order valence-corrected chi connectivity index (χ1v) is 8.93. The third-order valence-electron chi connectivity index (χ3n) is 4.00. The van der Waals surface area contributed by atoms with E-state index in [0.717, 1.165) is 5.69 Å². The molecule has 3 rings (SSSR count). The summed E-state index contributed by atoms with van der Waals surface area (Å²) in [7, 11) is 0. The van der Waals surface area contributed by atoms with Crippen LogP contribution in [0.2, 0.25) is 0 Å². The Morgan fingerprint density at radius 3 is 2.10 bits per heavy atom. The molecule has 0 aliphatic heterocycles. The number of amides is 2. The van der Waals surface area contributed by atoms with Crippen molar-refractivity contribution in [2.24, 2.45) is 0 Å². The fourth-order valence-electron chi connectivity index (χ4n) is 2.70. The van der Waals surface area contributed by atoms with E-state index >= 15 is 0 Å². The molecule has 3 N–H and O–H groups in total. The number of rotatable bonds is 6. The maximum atomic E-state index is 12.6. The molecule has 1 aromatic heterocycles. The number of anilines is 4. The fourth-order valence-corrected chi connectivity index (χ4v) is 2.70. The summed E-state index contributed by atoms with van der Waals surface area (Å²) in [6.07, 6.45) is 3.06. The zero-order valence-corrected chi connectivity index (χ0v) is 16.0. The van der Waals surface area contributed by atoms with E-state index in [0.29, 0.717) is 28.2 Å². The lowest BCUT2D eigenvalue weighted by Gasteiger charge is -2.10. The standard InChI is InChI=1S/C22H20N4O3/c1-14(27)16-5-3-6-18(9-16)26-22(29)17-10-21(13-23-12-17)25-20-8-4-7-19(11-20)24-15(2)28/h3-13,25H,1-2H3,(H,24,28)(H,26,29). The maximum Gasteiger partial charge on any atom is 0.257 e. The van der Waals surface area contributed by atoms with Gasteiger partial charge < -0.3 is 16.0 Å². The number of Topliss-reactive ketones (excluding diaryl/α,β-unsaturated/α-hetero) is 1. The van der Waals surface area contributed by atoms with Gasteiger partial charge in [-0.1, -0.05) is 18.2 Å². The minimum absolute atomic E-state index is 0.0737. The van der Waals surface area contributed by atoms with E-state index in [1.54, 1.807) is 54.7 Å². The molecule has 0 fully saturated rings. The molecule has 7 heteroatoms. The third-order valence-corrected chi connectivity index (χ3v) is 4.00. The molecule has 0 saturated carbocycles. The first-order valence-electron chi connectivity index (χ1n) is 8.93. The van der Waals surface area contributed by atoms with Crippen LogP contribution in [0.1, 0.15) is 34.6 Å². The highest BCUT2D eigenvalue weighted by molar-refractivity contribution is 6.05. The molecular weight excluding hydrogens is 368 g/mol. The van der Waals surface area contributed by atoms with Crippen molar-refractivity contribution in [1.29, 1.82) is 0 Å². The Hall–Kier alpha value is -4.00. The van der Waals surface area contributed by atoms with E-state index in [1.807, 2.05) is 6.07 Å². The van der Waals surface area contributed by atoms with Gasteiger partial charge in [-0.2, -0.15) is 0 Å². The molecule has 2 aromatic carbocycles. The molecule has 0 radical (unpaired) electrons. The maximum absolute atomic E-state index is 12.6. The van der Waals surface area contributed by atoms with Gasteiger partial charge in [-0.15, -0.1) is 0 Å². The van der Waals surface area contributed by atoms with Crippen LogP contribution in [0, 0.1) is 0 Å². The SMILES string of the molecule is CC(=O)Nc1cccc(Nc2cncc(C(=O)Nc3cccc(C(C)=O)c3)c2)c1. The Bertz CT molecular complexity index is 1080. The van der Waals surface area contributed by atoms with E-state index in [-0.39, 0.29) is 17.6 Å². The number of nitrogens with one attached hydrogen (secondary N) is 3. The van der Waals surface area contributed by atoms with Gasteiger partial charge in [0.25, 0.3) is 5.91 Å². The molecule has 0 aliphatic rings. The summed E-state index contributed by atoms with van der Waals surface area (Å²) in [4.78, 5) is 39.4. The van der Waals surface area contributed by atoms with Crippen LogP contribution in [-0.4, -0.2) is 22.6 Å². The number of aromatic nitrogens is 1. The number of hydrogen-bond acceptors (Lipinski definition) is 5. The summed E-state index contributed by atoms with van der Waals surface area (Å²) in [6, 6.07) is 15.6. The summed E-state index contributed by atoms with van der Waals surface area (Å²) < 4.78 is 0. The van der Waals surface area contributed by atoms with Crippen molar-refractivity contribution in [3.05, 3.63) is 78.1 Å². The molecule has 0 spiro atoms. The van der Waals surface area contributed by atoms with Crippen molar-refractivity contribution in [1.82, 2.24) is 4.98 Å². The highest BCUT2D eigenvalue weighted by Gasteiger charge is 2.09. The topological polar surface area (TPSA) is 100 Å². The second-order valence-electron chi connectivity index (χ2n) is 6.44. The van der Waals surface area contributed by atoms with Gasteiger partial charge in [0.1, 0.15) is 0 Å². The number of carbonyl (C=O) groups excluding carboxylic acids is 3. The van der Waals surface area contributed by atoms with Crippen molar-refractivity contribution >= 4 is 40.3 Å². The van der Waals surface area contributed by atoms with Crippen LogP contribution in [0.5, 0.6) is 0 Å². The second-order valence-corrected chi connectivity index (χ2v) is 6.44. The van der Waals surface area contributed by atoms with Crippen molar-refractivity contribution < 1.29 is 14.4 Å². The summed E-state index contributed by atoms with van der Waals surface area (Å²) >= 11 is 0. The molecular formula is C22H20N4O3. The summed E-state index contributed by atoms with van der Waals surface area (Å²) in [5.74, 6) is -0.569. The lowest BCUT2D eigenvalue weighted by atomic mass is 10.1. The van der Waals surface area contributed by atoms with E-state index < -0.39 is 0 Å². The second kappa shape index (κ2) is 8.79. The minimum Gasteiger partial charge on any atom is -0.354 e. The van der Waals surface area contributed by atoms with Crippen molar-refractivity contribution in [2.45, 2.75) is 13.8 Å². The Morgan fingerprint density at radius 2 is 1.38 bits per heavy atom. The lowest BCUT2D eigenvalue weighted by molar-refractivity contribution is -0.114. The van der Waals surface area contributed by atoms with Gasteiger partial charge in [-0.05, 0) is 43.3 Å². The van der Waals surface area contributed by atoms with Crippen LogP contribution >= 0.6 is 0 Å². The van der Waals surface area contributed by atoms with Gasteiger partial charge in [-0.25, -0.2) is 0 Å². The summed E-state index contributed by atoms with van der Waals surface area (Å²) in [5, 5.41) is 8.65. The fraction of sp³-hybridized carbons (Fsp3) is 0.0909. The van der Waals surface area contributed by atoms with Crippen LogP contribution in [-0.2, 0) is 4.79 Å². The number of ketones is 1. The molecule has 2 amide bonds. The predicted molar refractivity (Wildman–Crippen MR) is 113 cm³/mol. The van der Waals surface area contributed by atoms with Gasteiger partial charge in [0.05, 0.1) is 17.4 Å². The minimum atomic E-state index is -0.339. The Morgan fingerprint density at radius 1 is 0.724 bits per heavy atom. The van der Waals surface area contributed by atoms with E-state index in [2.05, 4.69) is 20.9 Å². The van der Waals surface area contributed by atoms with Crippen LogP contribution in [0.4, 0.5) is 22.7 Å². The van der Waals surface area contributed by atoms with Crippen LogP contribution in [0.15, 0.2) is 67.0 Å². The van der Waals surface area contributed by atoms with Gasteiger partial charge in [-0.3, -0.25) is 19.4 Å². The molecule has 0 unspecified atom stereocenters. The van der Waals surface area contributed by atoms with Crippen molar-refractivity contribution in [3.63, 3.8) is 0 Å². The molecule has 1 heterocycles. The predicted octanol–water partition coefficient (Wildman–Crippen LogP) is 4.24. The van der Waals surface area contributed by atoms with Gasteiger partial charge >= 0.3 is 0 Å². The van der Waals surface area contributed by atoms with Crippen molar-refractivity contribution in [2.75, 3.05) is 16.0 Å². The molecule has 0 saturated heterocycles. The average Bonchev–Trinajstić information content (AvgIpc) is 2.68. The lowest BCUT2D eigenvalue weighted by Crippen LogP contribution is -2.13. The first-order chi connectivity index (χ1) is 13.9. The monoisotopic (exact) mass is 388 g/mol. The highest BCUT2D eigenvalue weighted by Crippen LogP contribution is 2.21. The number of nitrogens with zero attached hydrogens (tertiary/aromatic N) is 1. The van der Waals surface area contributed by atoms with Gasteiger partial charge in [0, 0.05) is 35.7 Å². The molecule has 3 aromatic rings. The van der Waals surface area contributed by atoms with E-state index in [4.69, 9.17) is 0 Å². The largest absolute Gasteiger partial charge is 0.354 e. The molecule has 0 atom stereocenters. The van der Waals surface area contributed by atoms with Crippen LogP contribution in [0.25, 0.3) is 0 Å². The normalized spacial score (nSPS) is 10.1. The van der Waals surface area contributed by atoms with Crippen molar-refractivity contribution in [3.8, 4) is 0 Å². The van der Waals surface area contributed by atoms with E-state index in [1.165, 1.54) is 20.0 Å². The number of hydrogen-bond donors (Lipinski definition) is 3. The number of carbonyl (C=O) groups is 3. The van der Waals surface area contributed by atoms with Gasteiger partial charge in [0.2, 0.25) is 5.91 Å². The summed E-state index contributed by atoms with van der Waals surface area (Å²) in [5.41, 5.74) is 3.44. The Balaban J connectivity index is 1.74. The zero-order valence-electron chi connectivity index (χ0n) is 16.0. The first kappa shape index (κ1) is 19.8. The number of benzene rings is 2. The molecule has 146 valence electrons. The smallest absolute Gasteiger partial charge is 0.257 e.